The molecule has 20 heavy (non-hydrogen) atoms. The van der Waals surface area contributed by atoms with Crippen molar-refractivity contribution in [2.24, 2.45) is 11.5 Å². The minimum atomic E-state index is -4.33. The Morgan fingerprint density at radius 3 is 2.15 bits per heavy atom. The van der Waals surface area contributed by atoms with E-state index in [1.165, 1.54) is 12.1 Å². The maximum atomic E-state index is 10.9. The Morgan fingerprint density at radius 2 is 1.65 bits per heavy atom. The number of aromatic hydroxyl groups is 1. The molecule has 0 aliphatic heterocycles. The Bertz CT molecular complexity index is 754. The van der Waals surface area contributed by atoms with Crippen molar-refractivity contribution in [3.05, 3.63) is 30.3 Å². The lowest BCUT2D eigenvalue weighted by atomic mass is 10.1. The lowest BCUT2D eigenvalue weighted by molar-refractivity contribution is 0.256. The van der Waals surface area contributed by atoms with Gasteiger partial charge in [-0.3, -0.25) is 4.55 Å². The summed E-state index contributed by atoms with van der Waals surface area (Å²) in [5.41, 5.74) is 14.5. The van der Waals surface area contributed by atoms with E-state index in [0.717, 1.165) is 6.07 Å². The molecule has 0 aliphatic carbocycles. The third kappa shape index (κ3) is 4.00. The summed E-state index contributed by atoms with van der Waals surface area (Å²) in [6, 6.07) is 6.10. The number of anilines is 1. The van der Waals surface area contributed by atoms with Gasteiger partial charge in [0.1, 0.15) is 5.75 Å². The lowest BCUT2D eigenvalue weighted by Crippen LogP contribution is -2.18. The van der Waals surface area contributed by atoms with Crippen LogP contribution in [0.5, 0.6) is 5.75 Å². The Morgan fingerprint density at radius 1 is 1.10 bits per heavy atom. The molecular weight excluding hydrogens is 286 g/mol. The molecule has 0 saturated carbocycles. The van der Waals surface area contributed by atoms with Gasteiger partial charge in [-0.2, -0.15) is 8.42 Å². The molecule has 0 spiro atoms. The first-order valence-corrected chi connectivity index (χ1v) is 6.60. The number of primary amides is 2. The van der Waals surface area contributed by atoms with Gasteiger partial charge in [0.25, 0.3) is 10.1 Å². The van der Waals surface area contributed by atoms with Crippen LogP contribution in [0.3, 0.4) is 0 Å². The minimum Gasteiger partial charge on any atom is -0.507 e. The number of carbonyl (C=O) groups excluding carboxylic acids is 1. The van der Waals surface area contributed by atoms with Gasteiger partial charge in [0, 0.05) is 17.1 Å². The van der Waals surface area contributed by atoms with Crippen molar-refractivity contribution in [2.45, 2.75) is 4.90 Å². The van der Waals surface area contributed by atoms with Gasteiger partial charge in [-0.05, 0) is 29.7 Å². The van der Waals surface area contributed by atoms with Crippen molar-refractivity contribution in [2.75, 3.05) is 5.73 Å². The molecular formula is C11H13N3O5S. The van der Waals surface area contributed by atoms with Crippen LogP contribution < -0.4 is 17.2 Å². The number of nitrogens with two attached hydrogens (primary N) is 3. The van der Waals surface area contributed by atoms with E-state index >= 15 is 0 Å². The molecule has 2 amide bonds. The largest absolute Gasteiger partial charge is 0.507 e. The second-order valence-electron chi connectivity index (χ2n) is 3.80. The molecule has 9 heteroatoms. The standard InChI is InChI=1S/C10H9NO4S.CH4N2O/c11-7-1-2-9-6(3-7)4-8(5-10(9)12)16(13,14)15;2-1(3)4/h1-5,12H,11H2,(H,13,14,15);(H4,2,3,4). The van der Waals surface area contributed by atoms with Crippen molar-refractivity contribution in [1.82, 2.24) is 0 Å². The number of nitrogen functional groups attached to an aromatic ring is 1. The number of hydrogen-bond donors (Lipinski definition) is 5. The second kappa shape index (κ2) is 5.63. The number of rotatable bonds is 1. The molecule has 0 aromatic heterocycles. The molecule has 0 atom stereocenters. The summed E-state index contributed by atoms with van der Waals surface area (Å²) in [5.74, 6) is -0.217. The Kier molecular flexibility index (Phi) is 4.38. The Balaban J connectivity index is 0.000000444. The van der Waals surface area contributed by atoms with Gasteiger partial charge >= 0.3 is 6.03 Å². The van der Waals surface area contributed by atoms with Gasteiger partial charge in [0.05, 0.1) is 4.90 Å². The Hall–Kier alpha value is -2.52. The number of phenolic OH excluding ortho intramolecular Hbond substituents is 1. The van der Waals surface area contributed by atoms with E-state index in [1.54, 1.807) is 12.1 Å². The zero-order valence-corrected chi connectivity index (χ0v) is 11.0. The maximum Gasteiger partial charge on any atom is 0.309 e. The fourth-order valence-corrected chi connectivity index (χ4v) is 2.03. The molecule has 2 rings (SSSR count). The van der Waals surface area contributed by atoms with E-state index in [1.807, 2.05) is 0 Å². The quantitative estimate of drug-likeness (QED) is 0.377. The summed E-state index contributed by atoms with van der Waals surface area (Å²) in [5, 5.41) is 10.5. The number of fused-ring (bicyclic) bond motifs is 1. The summed E-state index contributed by atoms with van der Waals surface area (Å²) in [6.45, 7) is 0. The third-order valence-corrected chi connectivity index (χ3v) is 3.06. The van der Waals surface area contributed by atoms with Crippen LogP contribution >= 0.6 is 0 Å². The van der Waals surface area contributed by atoms with Crippen molar-refractivity contribution < 1.29 is 22.9 Å². The summed E-state index contributed by atoms with van der Waals surface area (Å²) in [6.07, 6.45) is 0. The normalized spacial score (nSPS) is 10.7. The number of urea groups is 1. The van der Waals surface area contributed by atoms with E-state index in [9.17, 15) is 13.5 Å². The SMILES string of the molecule is NC(N)=O.Nc1ccc2c(O)cc(S(=O)(=O)O)cc2c1. The van der Waals surface area contributed by atoms with Crippen LogP contribution in [0.25, 0.3) is 10.8 Å². The molecule has 8 N–H and O–H groups in total. The molecule has 0 unspecified atom stereocenters. The monoisotopic (exact) mass is 299 g/mol. The van der Waals surface area contributed by atoms with Crippen LogP contribution in [0.2, 0.25) is 0 Å². The number of amides is 2. The maximum absolute atomic E-state index is 10.9. The molecule has 8 nitrogen and oxygen atoms in total. The first-order chi connectivity index (χ1) is 9.11. The molecule has 0 saturated heterocycles. The fourth-order valence-electron chi connectivity index (χ4n) is 1.49. The summed E-state index contributed by atoms with van der Waals surface area (Å²) >= 11 is 0. The van der Waals surface area contributed by atoms with E-state index in [4.69, 9.17) is 15.1 Å². The highest BCUT2D eigenvalue weighted by Gasteiger charge is 2.13. The molecule has 0 heterocycles. The van der Waals surface area contributed by atoms with Crippen LogP contribution in [0, 0.1) is 0 Å². The van der Waals surface area contributed by atoms with Crippen LogP contribution in [0.15, 0.2) is 35.2 Å². The number of carbonyl (C=O) groups is 1. The van der Waals surface area contributed by atoms with Gasteiger partial charge < -0.3 is 22.3 Å². The van der Waals surface area contributed by atoms with Gasteiger partial charge in [0.2, 0.25) is 0 Å². The van der Waals surface area contributed by atoms with Crippen molar-refractivity contribution >= 4 is 32.6 Å². The van der Waals surface area contributed by atoms with E-state index < -0.39 is 16.1 Å². The van der Waals surface area contributed by atoms with Crippen LogP contribution in [-0.2, 0) is 10.1 Å². The third-order valence-electron chi connectivity index (χ3n) is 2.23. The zero-order chi connectivity index (χ0) is 15.5. The predicted octanol–water partition coefficient (Wildman–Crippen LogP) is 0.398. The van der Waals surface area contributed by atoms with Crippen molar-refractivity contribution in [3.63, 3.8) is 0 Å². The molecule has 2 aromatic carbocycles. The molecule has 0 fully saturated rings. The molecule has 0 aliphatic rings. The highest BCUT2D eigenvalue weighted by atomic mass is 32.2. The van der Waals surface area contributed by atoms with Gasteiger partial charge in [0.15, 0.2) is 0 Å². The van der Waals surface area contributed by atoms with Crippen LogP contribution in [0.4, 0.5) is 10.5 Å². The number of benzene rings is 2. The summed E-state index contributed by atoms with van der Waals surface area (Å²) in [4.78, 5) is 8.64. The first kappa shape index (κ1) is 15.5. The minimum absolute atomic E-state index is 0.217. The predicted molar refractivity (Wildman–Crippen MR) is 73.6 cm³/mol. The molecule has 0 radical (unpaired) electrons. The number of phenols is 1. The second-order valence-corrected chi connectivity index (χ2v) is 5.22. The van der Waals surface area contributed by atoms with Crippen LogP contribution in [0.1, 0.15) is 0 Å². The molecule has 0 bridgehead atoms. The van der Waals surface area contributed by atoms with E-state index in [-0.39, 0.29) is 10.6 Å². The fraction of sp³-hybridized carbons (Fsp3) is 0. The van der Waals surface area contributed by atoms with Crippen molar-refractivity contribution in [1.29, 1.82) is 0 Å². The molecule has 2 aromatic rings. The van der Waals surface area contributed by atoms with Crippen LogP contribution in [-0.4, -0.2) is 24.1 Å². The smallest absolute Gasteiger partial charge is 0.309 e. The first-order valence-electron chi connectivity index (χ1n) is 5.16. The van der Waals surface area contributed by atoms with E-state index in [0.29, 0.717) is 16.5 Å². The Labute approximate surface area is 114 Å². The van der Waals surface area contributed by atoms with E-state index in [2.05, 4.69) is 11.5 Å². The van der Waals surface area contributed by atoms with Gasteiger partial charge in [-0.15, -0.1) is 0 Å². The zero-order valence-electron chi connectivity index (χ0n) is 10.1. The topological polar surface area (TPSA) is 170 Å². The molecule has 108 valence electrons. The highest BCUT2D eigenvalue weighted by Crippen LogP contribution is 2.29. The van der Waals surface area contributed by atoms with Crippen molar-refractivity contribution in [3.8, 4) is 5.75 Å². The average molecular weight is 299 g/mol. The summed E-state index contributed by atoms with van der Waals surface area (Å²) in [7, 11) is -4.33. The lowest BCUT2D eigenvalue weighted by Gasteiger charge is -2.04. The summed E-state index contributed by atoms with van der Waals surface area (Å²) < 4.78 is 30.7. The van der Waals surface area contributed by atoms with Gasteiger partial charge in [-0.25, -0.2) is 4.79 Å². The highest BCUT2D eigenvalue weighted by molar-refractivity contribution is 7.85. The van der Waals surface area contributed by atoms with Gasteiger partial charge in [-0.1, -0.05) is 0 Å². The number of hydrogen-bond acceptors (Lipinski definition) is 5. The average Bonchev–Trinajstić information content (AvgIpc) is 2.26.